The van der Waals surface area contributed by atoms with E-state index in [1.54, 1.807) is 6.07 Å². The van der Waals surface area contributed by atoms with Crippen LogP contribution in [0, 0.1) is 5.82 Å². The Kier molecular flexibility index (Phi) is 4.14. The van der Waals surface area contributed by atoms with Crippen LogP contribution in [0.25, 0.3) is 0 Å². The third kappa shape index (κ3) is 2.97. The smallest absolute Gasteiger partial charge is 0.165 e. The highest BCUT2D eigenvalue weighted by atomic mass is 79.9. The Bertz CT molecular complexity index is 580. The minimum absolute atomic E-state index is 0.153. The molecule has 0 spiro atoms. The molecule has 1 heterocycles. The Morgan fingerprint density at radius 1 is 1.44 bits per heavy atom. The lowest BCUT2D eigenvalue weighted by Crippen LogP contribution is -1.98. The molecular weight excluding hydrogens is 319 g/mol. The summed E-state index contributed by atoms with van der Waals surface area (Å²) in [7, 11) is 0. The fourth-order valence-electron chi connectivity index (χ4n) is 1.41. The van der Waals surface area contributed by atoms with Gasteiger partial charge in [0.05, 0.1) is 4.88 Å². The minimum Gasteiger partial charge on any atom is -0.485 e. The first-order valence-electron chi connectivity index (χ1n) is 5.23. The Labute approximate surface area is 117 Å². The van der Waals surface area contributed by atoms with Crippen molar-refractivity contribution in [2.45, 2.75) is 13.5 Å². The van der Waals surface area contributed by atoms with Crippen LogP contribution in [0.5, 0.6) is 5.75 Å². The van der Waals surface area contributed by atoms with Gasteiger partial charge in [-0.3, -0.25) is 4.79 Å². The van der Waals surface area contributed by atoms with Crippen molar-refractivity contribution in [1.82, 2.24) is 0 Å². The van der Waals surface area contributed by atoms with Crippen molar-refractivity contribution in [2.75, 3.05) is 0 Å². The van der Waals surface area contributed by atoms with Gasteiger partial charge in [0.1, 0.15) is 6.61 Å². The van der Waals surface area contributed by atoms with Gasteiger partial charge >= 0.3 is 0 Å². The quantitative estimate of drug-likeness (QED) is 0.776. The largest absolute Gasteiger partial charge is 0.485 e. The van der Waals surface area contributed by atoms with Gasteiger partial charge in [-0.1, -0.05) is 0 Å². The molecule has 0 aliphatic heterocycles. The van der Waals surface area contributed by atoms with Gasteiger partial charge in [0.25, 0.3) is 0 Å². The maximum atomic E-state index is 13.7. The number of hydrogen-bond donors (Lipinski definition) is 0. The van der Waals surface area contributed by atoms with Gasteiger partial charge in [-0.25, -0.2) is 4.39 Å². The van der Waals surface area contributed by atoms with E-state index in [1.165, 1.54) is 30.4 Å². The zero-order valence-electron chi connectivity index (χ0n) is 9.57. The van der Waals surface area contributed by atoms with E-state index in [0.29, 0.717) is 12.2 Å². The fourth-order valence-corrected chi connectivity index (χ4v) is 2.79. The van der Waals surface area contributed by atoms with Crippen LogP contribution >= 0.6 is 27.3 Å². The van der Waals surface area contributed by atoms with Crippen molar-refractivity contribution in [3.63, 3.8) is 0 Å². The molecule has 0 amide bonds. The second-order valence-electron chi connectivity index (χ2n) is 3.68. The zero-order chi connectivity index (χ0) is 13.1. The lowest BCUT2D eigenvalue weighted by Gasteiger charge is -2.07. The molecule has 2 nitrogen and oxygen atoms in total. The van der Waals surface area contributed by atoms with Crippen LogP contribution in [0.4, 0.5) is 4.39 Å². The predicted molar refractivity (Wildman–Crippen MR) is 72.8 cm³/mol. The molecule has 1 aromatic carbocycles. The molecule has 5 heteroatoms. The van der Waals surface area contributed by atoms with E-state index >= 15 is 0 Å². The van der Waals surface area contributed by atoms with Crippen molar-refractivity contribution in [3.05, 3.63) is 50.4 Å². The number of Topliss-reactive ketones (excluding diaryl/α,β-unsaturated/α-hetero) is 1. The summed E-state index contributed by atoms with van der Waals surface area (Å²) in [6.07, 6.45) is 0. The summed E-state index contributed by atoms with van der Waals surface area (Å²) in [6, 6.07) is 6.15. The van der Waals surface area contributed by atoms with E-state index in [-0.39, 0.29) is 11.5 Å². The monoisotopic (exact) mass is 328 g/mol. The van der Waals surface area contributed by atoms with E-state index in [4.69, 9.17) is 4.74 Å². The van der Waals surface area contributed by atoms with E-state index in [1.807, 2.05) is 11.4 Å². The highest BCUT2D eigenvalue weighted by Crippen LogP contribution is 2.25. The van der Waals surface area contributed by atoms with Crippen molar-refractivity contribution < 1.29 is 13.9 Å². The summed E-state index contributed by atoms with van der Waals surface area (Å²) in [5, 5.41) is 1.93. The number of halogens is 2. The highest BCUT2D eigenvalue weighted by molar-refractivity contribution is 9.10. The number of thiophene rings is 1. The fraction of sp³-hybridized carbons (Fsp3) is 0.154. The molecule has 0 aliphatic rings. The van der Waals surface area contributed by atoms with Gasteiger partial charge in [0, 0.05) is 10.0 Å². The predicted octanol–water partition coefficient (Wildman–Crippen LogP) is 4.43. The third-order valence-electron chi connectivity index (χ3n) is 2.39. The molecule has 0 unspecified atom stereocenters. The molecule has 2 aromatic rings. The van der Waals surface area contributed by atoms with Gasteiger partial charge in [0.2, 0.25) is 0 Å². The summed E-state index contributed by atoms with van der Waals surface area (Å²) < 4.78 is 20.0. The van der Waals surface area contributed by atoms with Gasteiger partial charge in [-0.15, -0.1) is 11.3 Å². The van der Waals surface area contributed by atoms with Gasteiger partial charge in [0.15, 0.2) is 17.3 Å². The van der Waals surface area contributed by atoms with Gasteiger partial charge in [-0.05, 0) is 52.5 Å². The minimum atomic E-state index is -0.518. The molecule has 0 atom stereocenters. The van der Waals surface area contributed by atoms with Crippen LogP contribution in [-0.2, 0) is 6.61 Å². The Morgan fingerprint density at radius 2 is 2.22 bits per heavy atom. The molecular formula is C13H10BrFO2S. The Morgan fingerprint density at radius 3 is 2.78 bits per heavy atom. The third-order valence-corrected chi connectivity index (χ3v) is 4.29. The number of carbonyl (C=O) groups is 1. The maximum Gasteiger partial charge on any atom is 0.165 e. The highest BCUT2D eigenvalue weighted by Gasteiger charge is 2.09. The topological polar surface area (TPSA) is 26.3 Å². The van der Waals surface area contributed by atoms with E-state index in [2.05, 4.69) is 15.9 Å². The molecule has 0 saturated carbocycles. The van der Waals surface area contributed by atoms with Gasteiger partial charge < -0.3 is 4.74 Å². The van der Waals surface area contributed by atoms with Crippen LogP contribution in [0.2, 0.25) is 0 Å². The number of carbonyl (C=O) groups excluding carboxylic acids is 1. The van der Waals surface area contributed by atoms with E-state index in [0.717, 1.165) is 9.35 Å². The van der Waals surface area contributed by atoms with Crippen LogP contribution in [0.15, 0.2) is 34.1 Å². The number of hydrogen-bond acceptors (Lipinski definition) is 3. The molecule has 0 saturated heterocycles. The normalized spacial score (nSPS) is 10.4. The molecule has 0 aliphatic carbocycles. The average Bonchev–Trinajstić information content (AvgIpc) is 2.73. The van der Waals surface area contributed by atoms with Crippen molar-refractivity contribution in [2.24, 2.45) is 0 Å². The summed E-state index contributed by atoms with van der Waals surface area (Å²) in [5.41, 5.74) is 0.345. The molecule has 18 heavy (non-hydrogen) atoms. The summed E-state index contributed by atoms with van der Waals surface area (Å²) in [5.74, 6) is -0.530. The van der Waals surface area contributed by atoms with Crippen LogP contribution in [0.1, 0.15) is 22.2 Å². The maximum absolute atomic E-state index is 13.7. The zero-order valence-corrected chi connectivity index (χ0v) is 12.0. The molecule has 1 aromatic heterocycles. The summed E-state index contributed by atoms with van der Waals surface area (Å²) in [4.78, 5) is 12.1. The van der Waals surface area contributed by atoms with Crippen LogP contribution in [0.3, 0.4) is 0 Å². The average molecular weight is 329 g/mol. The molecule has 94 valence electrons. The number of ketones is 1. The Balaban J connectivity index is 2.11. The van der Waals surface area contributed by atoms with Crippen molar-refractivity contribution in [3.8, 4) is 5.75 Å². The van der Waals surface area contributed by atoms with E-state index < -0.39 is 5.82 Å². The SMILES string of the molecule is CC(=O)c1ccc(OCc2sccc2Br)c(F)c1. The summed E-state index contributed by atoms with van der Waals surface area (Å²) in [6.45, 7) is 1.70. The number of benzene rings is 1. The molecule has 0 radical (unpaired) electrons. The van der Waals surface area contributed by atoms with Crippen LogP contribution in [-0.4, -0.2) is 5.78 Å². The van der Waals surface area contributed by atoms with Crippen molar-refractivity contribution >= 4 is 33.0 Å². The summed E-state index contributed by atoms with van der Waals surface area (Å²) >= 11 is 4.92. The molecule has 2 rings (SSSR count). The van der Waals surface area contributed by atoms with Crippen molar-refractivity contribution in [1.29, 1.82) is 0 Å². The first-order valence-corrected chi connectivity index (χ1v) is 6.90. The molecule has 0 N–H and O–H groups in total. The lowest BCUT2D eigenvalue weighted by atomic mass is 10.1. The van der Waals surface area contributed by atoms with E-state index in [9.17, 15) is 9.18 Å². The Hall–Kier alpha value is -1.20. The van der Waals surface area contributed by atoms with Crippen LogP contribution < -0.4 is 4.74 Å². The van der Waals surface area contributed by atoms with Gasteiger partial charge in [-0.2, -0.15) is 0 Å². The standard InChI is InChI=1S/C13H10BrFO2S/c1-8(16)9-2-3-12(11(15)6-9)17-7-13-10(14)4-5-18-13/h2-6H,7H2,1H3. The first-order chi connectivity index (χ1) is 8.58. The number of ether oxygens (including phenoxy) is 1. The second-order valence-corrected chi connectivity index (χ2v) is 5.54. The second kappa shape index (κ2) is 5.63. The number of rotatable bonds is 4. The molecule has 0 bridgehead atoms. The first kappa shape index (κ1) is 13.2. The lowest BCUT2D eigenvalue weighted by molar-refractivity contribution is 0.101. The molecule has 0 fully saturated rings.